The third-order valence-electron chi connectivity index (χ3n) is 2.82. The number of fused-ring (bicyclic) bond motifs is 1. The van der Waals surface area contributed by atoms with Gasteiger partial charge in [-0.1, -0.05) is 6.92 Å². The van der Waals surface area contributed by atoms with Gasteiger partial charge in [-0.2, -0.15) is 0 Å². The molecule has 0 aromatic heterocycles. The predicted octanol–water partition coefficient (Wildman–Crippen LogP) is 1.82. The van der Waals surface area contributed by atoms with E-state index in [0.29, 0.717) is 6.10 Å². The van der Waals surface area contributed by atoms with Gasteiger partial charge in [-0.25, -0.2) is 0 Å². The smallest absolute Gasteiger partial charge is 0.0629 e. The van der Waals surface area contributed by atoms with E-state index in [1.807, 2.05) is 0 Å². The molecule has 1 saturated carbocycles. The van der Waals surface area contributed by atoms with Crippen molar-refractivity contribution in [3.05, 3.63) is 0 Å². The van der Waals surface area contributed by atoms with E-state index in [0.717, 1.165) is 18.4 Å². The molecule has 1 aliphatic carbocycles. The Hall–Kier alpha value is -0.0400. The molecule has 1 aliphatic heterocycles. The molecule has 52 valence electrons. The van der Waals surface area contributed by atoms with Gasteiger partial charge in [0.25, 0.3) is 0 Å². The maximum atomic E-state index is 5.59. The second-order valence-electron chi connectivity index (χ2n) is 3.44. The Kier molecular flexibility index (Phi) is 1.26. The fourth-order valence-electron chi connectivity index (χ4n) is 2.23. The summed E-state index contributed by atoms with van der Waals surface area (Å²) >= 11 is 0. The van der Waals surface area contributed by atoms with Crippen molar-refractivity contribution in [3.63, 3.8) is 0 Å². The molecular weight excluding hydrogens is 112 g/mol. The van der Waals surface area contributed by atoms with E-state index in [9.17, 15) is 0 Å². The van der Waals surface area contributed by atoms with Crippen LogP contribution in [0.4, 0.5) is 0 Å². The normalized spacial score (nSPS) is 49.7. The first kappa shape index (κ1) is 5.72. The maximum Gasteiger partial charge on any atom is 0.0629 e. The van der Waals surface area contributed by atoms with E-state index >= 15 is 0 Å². The van der Waals surface area contributed by atoms with E-state index in [-0.39, 0.29) is 0 Å². The average Bonchev–Trinajstić information content (AvgIpc) is 2.35. The summed E-state index contributed by atoms with van der Waals surface area (Å²) in [5, 5.41) is 0. The van der Waals surface area contributed by atoms with Gasteiger partial charge in [0.15, 0.2) is 0 Å². The maximum absolute atomic E-state index is 5.59. The average molecular weight is 126 g/mol. The lowest BCUT2D eigenvalue weighted by Gasteiger charge is -2.11. The first-order valence-electron chi connectivity index (χ1n) is 3.99. The van der Waals surface area contributed by atoms with E-state index in [1.54, 1.807) is 0 Å². The van der Waals surface area contributed by atoms with E-state index in [2.05, 4.69) is 6.92 Å². The van der Waals surface area contributed by atoms with Gasteiger partial charge in [0.2, 0.25) is 0 Å². The van der Waals surface area contributed by atoms with E-state index in [1.165, 1.54) is 19.3 Å². The molecule has 0 amide bonds. The minimum Gasteiger partial charge on any atom is -0.378 e. The highest BCUT2D eigenvalue weighted by Crippen LogP contribution is 2.39. The highest BCUT2D eigenvalue weighted by atomic mass is 16.5. The van der Waals surface area contributed by atoms with Crippen LogP contribution in [0.5, 0.6) is 0 Å². The van der Waals surface area contributed by atoms with Crippen LogP contribution in [0.1, 0.15) is 26.2 Å². The van der Waals surface area contributed by atoms with Gasteiger partial charge in [-0.05, 0) is 31.1 Å². The minimum absolute atomic E-state index is 0.644. The summed E-state index contributed by atoms with van der Waals surface area (Å²) in [7, 11) is 0. The van der Waals surface area contributed by atoms with Gasteiger partial charge in [-0.3, -0.25) is 0 Å². The predicted molar refractivity (Wildman–Crippen MR) is 36.2 cm³/mol. The molecule has 2 aliphatic rings. The second kappa shape index (κ2) is 1.98. The van der Waals surface area contributed by atoms with Crippen LogP contribution < -0.4 is 0 Å². The fourth-order valence-corrected chi connectivity index (χ4v) is 2.23. The van der Waals surface area contributed by atoms with Crippen molar-refractivity contribution in [3.8, 4) is 0 Å². The molecule has 0 radical (unpaired) electrons. The number of hydrogen-bond donors (Lipinski definition) is 0. The van der Waals surface area contributed by atoms with Gasteiger partial charge >= 0.3 is 0 Å². The number of rotatable bonds is 0. The van der Waals surface area contributed by atoms with Crippen LogP contribution in [0.15, 0.2) is 0 Å². The minimum atomic E-state index is 0.644. The van der Waals surface area contributed by atoms with Crippen molar-refractivity contribution in [2.24, 2.45) is 11.8 Å². The van der Waals surface area contributed by atoms with Crippen molar-refractivity contribution >= 4 is 0 Å². The largest absolute Gasteiger partial charge is 0.378 e. The summed E-state index contributed by atoms with van der Waals surface area (Å²) < 4.78 is 5.59. The number of hydrogen-bond acceptors (Lipinski definition) is 1. The second-order valence-corrected chi connectivity index (χ2v) is 3.44. The molecule has 0 spiro atoms. The molecule has 1 saturated heterocycles. The van der Waals surface area contributed by atoms with Gasteiger partial charge in [-0.15, -0.1) is 0 Å². The van der Waals surface area contributed by atoms with E-state index < -0.39 is 0 Å². The van der Waals surface area contributed by atoms with Gasteiger partial charge in [0.1, 0.15) is 0 Å². The Morgan fingerprint density at radius 2 is 2.11 bits per heavy atom. The van der Waals surface area contributed by atoms with Gasteiger partial charge in [0.05, 0.1) is 6.10 Å². The molecule has 3 atom stereocenters. The highest BCUT2D eigenvalue weighted by Gasteiger charge is 2.37. The standard InChI is InChI=1S/C8H14O/c1-6-2-3-7-4-5-9-8(6)7/h6-8H,2-5H2,1H3/t6-,7-,8-/m1/s1. The molecule has 0 unspecified atom stereocenters. The van der Waals surface area contributed by atoms with Gasteiger partial charge < -0.3 is 4.74 Å². The van der Waals surface area contributed by atoms with Crippen LogP contribution in [0.3, 0.4) is 0 Å². The highest BCUT2D eigenvalue weighted by molar-refractivity contribution is 4.86. The molecule has 0 aromatic carbocycles. The molecule has 2 fully saturated rings. The monoisotopic (exact) mass is 126 g/mol. The van der Waals surface area contributed by atoms with E-state index in [4.69, 9.17) is 4.74 Å². The summed E-state index contributed by atoms with van der Waals surface area (Å²) in [5.41, 5.74) is 0. The topological polar surface area (TPSA) is 9.23 Å². The summed E-state index contributed by atoms with van der Waals surface area (Å²) in [6.45, 7) is 3.34. The van der Waals surface area contributed by atoms with Gasteiger partial charge in [0, 0.05) is 6.61 Å². The zero-order chi connectivity index (χ0) is 6.27. The zero-order valence-electron chi connectivity index (χ0n) is 5.97. The summed E-state index contributed by atoms with van der Waals surface area (Å²) in [4.78, 5) is 0. The Morgan fingerprint density at radius 3 is 2.89 bits per heavy atom. The molecular formula is C8H14O. The molecule has 2 rings (SSSR count). The Balaban J connectivity index is 2.07. The van der Waals surface area contributed by atoms with Crippen molar-refractivity contribution in [2.45, 2.75) is 32.3 Å². The van der Waals surface area contributed by atoms with Crippen LogP contribution in [0.2, 0.25) is 0 Å². The molecule has 1 heterocycles. The molecule has 1 heteroatoms. The Bertz CT molecular complexity index is 111. The summed E-state index contributed by atoms with van der Waals surface area (Å²) in [6, 6.07) is 0. The van der Waals surface area contributed by atoms with Crippen LogP contribution in [-0.2, 0) is 4.74 Å². The Morgan fingerprint density at radius 1 is 1.22 bits per heavy atom. The van der Waals surface area contributed by atoms with Crippen molar-refractivity contribution < 1.29 is 4.74 Å². The molecule has 0 aromatic rings. The molecule has 1 nitrogen and oxygen atoms in total. The lowest BCUT2D eigenvalue weighted by Crippen LogP contribution is -2.14. The SMILES string of the molecule is C[C@@H]1CC[C@@H]2CCO[C@@H]21. The van der Waals surface area contributed by atoms with Crippen LogP contribution in [0, 0.1) is 11.8 Å². The zero-order valence-corrected chi connectivity index (χ0v) is 5.97. The lowest BCUT2D eigenvalue weighted by molar-refractivity contribution is 0.0720. The Labute approximate surface area is 56.4 Å². The first-order chi connectivity index (χ1) is 4.38. The fraction of sp³-hybridized carbons (Fsp3) is 1.00. The van der Waals surface area contributed by atoms with Crippen LogP contribution in [0.25, 0.3) is 0 Å². The van der Waals surface area contributed by atoms with Crippen molar-refractivity contribution in [1.82, 2.24) is 0 Å². The summed E-state index contributed by atoms with van der Waals surface area (Å²) in [6.07, 6.45) is 4.79. The quantitative estimate of drug-likeness (QED) is 0.481. The molecule has 9 heavy (non-hydrogen) atoms. The third-order valence-corrected chi connectivity index (χ3v) is 2.82. The summed E-state index contributed by atoms with van der Waals surface area (Å²) in [5.74, 6) is 1.78. The van der Waals surface area contributed by atoms with Crippen molar-refractivity contribution in [2.75, 3.05) is 6.61 Å². The number of ether oxygens (including phenoxy) is 1. The van der Waals surface area contributed by atoms with Crippen molar-refractivity contribution in [1.29, 1.82) is 0 Å². The first-order valence-corrected chi connectivity index (χ1v) is 3.99. The molecule has 0 bridgehead atoms. The van der Waals surface area contributed by atoms with Crippen LogP contribution >= 0.6 is 0 Å². The third kappa shape index (κ3) is 0.787. The van der Waals surface area contributed by atoms with Crippen LogP contribution in [-0.4, -0.2) is 12.7 Å². The lowest BCUT2D eigenvalue weighted by atomic mass is 10.0. The molecule has 0 N–H and O–H groups in total.